The van der Waals surface area contributed by atoms with Crippen LogP contribution in [0.15, 0.2) is 36.4 Å². The molecule has 1 aliphatic heterocycles. The Kier molecular flexibility index (Phi) is 6.43. The third-order valence-corrected chi connectivity index (χ3v) is 6.26. The molecule has 2 aliphatic rings. The van der Waals surface area contributed by atoms with Gasteiger partial charge >= 0.3 is 0 Å². The summed E-state index contributed by atoms with van der Waals surface area (Å²) in [5.74, 6) is 2.66. The largest absolute Gasteiger partial charge is 0.367 e. The van der Waals surface area contributed by atoms with Crippen molar-refractivity contribution in [2.75, 3.05) is 18.4 Å². The van der Waals surface area contributed by atoms with Crippen LogP contribution < -0.4 is 5.32 Å². The summed E-state index contributed by atoms with van der Waals surface area (Å²) >= 11 is 0. The Bertz CT molecular complexity index is 809. The highest BCUT2D eigenvalue weighted by atomic mass is 16.2. The van der Waals surface area contributed by atoms with E-state index in [1.165, 1.54) is 25.7 Å². The molecule has 1 amide bonds. The van der Waals surface area contributed by atoms with E-state index in [0.29, 0.717) is 18.4 Å². The first-order chi connectivity index (χ1) is 14.2. The van der Waals surface area contributed by atoms with E-state index in [-0.39, 0.29) is 5.91 Å². The average Bonchev–Trinajstić information content (AvgIpc) is 3.22. The van der Waals surface area contributed by atoms with Gasteiger partial charge in [-0.25, -0.2) is 9.97 Å². The summed E-state index contributed by atoms with van der Waals surface area (Å²) in [7, 11) is 0. The van der Waals surface area contributed by atoms with E-state index >= 15 is 0 Å². The van der Waals surface area contributed by atoms with Crippen LogP contribution in [0, 0.1) is 12.8 Å². The van der Waals surface area contributed by atoms with Crippen molar-refractivity contribution in [3.63, 3.8) is 0 Å². The lowest BCUT2D eigenvalue weighted by Gasteiger charge is -2.32. The van der Waals surface area contributed by atoms with Crippen molar-refractivity contribution in [2.24, 2.45) is 5.92 Å². The predicted octanol–water partition coefficient (Wildman–Crippen LogP) is 4.16. The predicted molar refractivity (Wildman–Crippen MR) is 116 cm³/mol. The van der Waals surface area contributed by atoms with Crippen molar-refractivity contribution in [1.82, 2.24) is 14.9 Å². The SMILES string of the molecule is Cc1nc(CC2CCN(C(=O)Cc3ccccc3)CC2)cc(NC2CCCC2)n1. The van der Waals surface area contributed by atoms with Gasteiger partial charge in [-0.05, 0) is 50.5 Å². The summed E-state index contributed by atoms with van der Waals surface area (Å²) in [6.45, 7) is 3.69. The molecule has 1 saturated carbocycles. The van der Waals surface area contributed by atoms with Crippen LogP contribution in [-0.4, -0.2) is 39.9 Å². The average molecular weight is 393 g/mol. The van der Waals surface area contributed by atoms with Crippen molar-refractivity contribution in [1.29, 1.82) is 0 Å². The highest BCUT2D eigenvalue weighted by Gasteiger charge is 2.24. The number of aromatic nitrogens is 2. The van der Waals surface area contributed by atoms with Gasteiger partial charge in [0.05, 0.1) is 6.42 Å². The molecule has 1 aromatic carbocycles. The quantitative estimate of drug-likeness (QED) is 0.802. The van der Waals surface area contributed by atoms with Crippen LogP contribution in [0.3, 0.4) is 0 Å². The van der Waals surface area contributed by atoms with Crippen molar-refractivity contribution in [3.8, 4) is 0 Å². The van der Waals surface area contributed by atoms with Crippen LogP contribution in [0.25, 0.3) is 0 Å². The molecule has 1 N–H and O–H groups in total. The zero-order chi connectivity index (χ0) is 20.1. The van der Waals surface area contributed by atoms with Crippen molar-refractivity contribution >= 4 is 11.7 Å². The first-order valence-electron chi connectivity index (χ1n) is 11.1. The summed E-state index contributed by atoms with van der Waals surface area (Å²) in [6.07, 6.45) is 8.70. The summed E-state index contributed by atoms with van der Waals surface area (Å²) in [5.41, 5.74) is 2.23. The van der Waals surface area contributed by atoms with Crippen LogP contribution in [0.2, 0.25) is 0 Å². The smallest absolute Gasteiger partial charge is 0.226 e. The molecule has 2 heterocycles. The normalized spacial score (nSPS) is 18.2. The minimum Gasteiger partial charge on any atom is -0.367 e. The highest BCUT2D eigenvalue weighted by Crippen LogP contribution is 2.24. The fraction of sp³-hybridized carbons (Fsp3) is 0.542. The molecule has 29 heavy (non-hydrogen) atoms. The Balaban J connectivity index is 1.29. The Labute approximate surface area is 173 Å². The van der Waals surface area contributed by atoms with Gasteiger partial charge in [-0.15, -0.1) is 0 Å². The van der Waals surface area contributed by atoms with Gasteiger partial charge in [-0.1, -0.05) is 43.2 Å². The number of carbonyl (C=O) groups is 1. The van der Waals surface area contributed by atoms with Crippen LogP contribution in [0.4, 0.5) is 5.82 Å². The van der Waals surface area contributed by atoms with Crippen LogP contribution in [0.5, 0.6) is 0 Å². The van der Waals surface area contributed by atoms with Gasteiger partial charge in [0.25, 0.3) is 0 Å². The van der Waals surface area contributed by atoms with Gasteiger partial charge in [-0.3, -0.25) is 4.79 Å². The van der Waals surface area contributed by atoms with Crippen LogP contribution in [-0.2, 0) is 17.6 Å². The molecule has 5 nitrogen and oxygen atoms in total. The molecule has 4 rings (SSSR count). The number of nitrogens with zero attached hydrogens (tertiary/aromatic N) is 3. The number of hydrogen-bond donors (Lipinski definition) is 1. The molecule has 0 unspecified atom stereocenters. The fourth-order valence-electron chi connectivity index (χ4n) is 4.65. The summed E-state index contributed by atoms with van der Waals surface area (Å²) < 4.78 is 0. The van der Waals surface area contributed by atoms with Gasteiger partial charge in [0.1, 0.15) is 11.6 Å². The molecular formula is C24H32N4O. The molecule has 0 spiro atoms. The number of hydrogen-bond acceptors (Lipinski definition) is 4. The van der Waals surface area contributed by atoms with E-state index in [0.717, 1.165) is 55.3 Å². The van der Waals surface area contributed by atoms with E-state index in [2.05, 4.69) is 21.4 Å². The second-order valence-electron chi connectivity index (χ2n) is 8.61. The van der Waals surface area contributed by atoms with Gasteiger partial charge < -0.3 is 10.2 Å². The minimum atomic E-state index is 0.246. The Morgan fingerprint density at radius 3 is 2.52 bits per heavy atom. The van der Waals surface area contributed by atoms with E-state index in [1.807, 2.05) is 42.2 Å². The molecular weight excluding hydrogens is 360 g/mol. The summed E-state index contributed by atoms with van der Waals surface area (Å²) in [4.78, 5) is 23.9. The molecule has 1 saturated heterocycles. The lowest BCUT2D eigenvalue weighted by Crippen LogP contribution is -2.39. The maximum Gasteiger partial charge on any atom is 0.226 e. The number of likely N-dealkylation sites (tertiary alicyclic amines) is 1. The monoisotopic (exact) mass is 392 g/mol. The second kappa shape index (κ2) is 9.38. The van der Waals surface area contributed by atoms with E-state index in [9.17, 15) is 4.79 Å². The topological polar surface area (TPSA) is 58.1 Å². The third-order valence-electron chi connectivity index (χ3n) is 6.26. The highest BCUT2D eigenvalue weighted by molar-refractivity contribution is 5.78. The van der Waals surface area contributed by atoms with Crippen molar-refractivity contribution in [2.45, 2.75) is 64.3 Å². The Morgan fingerprint density at radius 1 is 1.07 bits per heavy atom. The standard InChI is InChI=1S/C24H32N4O/c1-18-25-22(17-23(26-18)27-21-9-5-6-10-21)15-20-11-13-28(14-12-20)24(29)16-19-7-3-2-4-8-19/h2-4,7-8,17,20-21H,5-6,9-16H2,1H3,(H,25,26,27). The molecule has 0 bridgehead atoms. The molecule has 5 heteroatoms. The second-order valence-corrected chi connectivity index (χ2v) is 8.61. The molecule has 1 aliphatic carbocycles. The fourth-order valence-corrected chi connectivity index (χ4v) is 4.65. The van der Waals surface area contributed by atoms with Crippen LogP contribution >= 0.6 is 0 Å². The molecule has 154 valence electrons. The molecule has 0 radical (unpaired) electrons. The lowest BCUT2D eigenvalue weighted by atomic mass is 9.91. The van der Waals surface area contributed by atoms with Gasteiger partial charge in [0, 0.05) is 30.9 Å². The van der Waals surface area contributed by atoms with Crippen molar-refractivity contribution in [3.05, 3.63) is 53.5 Å². The van der Waals surface area contributed by atoms with Crippen LogP contribution in [0.1, 0.15) is 55.6 Å². The zero-order valence-electron chi connectivity index (χ0n) is 17.4. The summed E-state index contributed by atoms with van der Waals surface area (Å²) in [6, 6.07) is 12.7. The Morgan fingerprint density at radius 2 is 1.79 bits per heavy atom. The molecule has 1 aromatic heterocycles. The number of amides is 1. The van der Waals surface area contributed by atoms with E-state index < -0.39 is 0 Å². The summed E-state index contributed by atoms with van der Waals surface area (Å²) in [5, 5.41) is 3.60. The number of carbonyl (C=O) groups excluding carboxylic acids is 1. The maximum absolute atomic E-state index is 12.6. The number of rotatable bonds is 6. The minimum absolute atomic E-state index is 0.246. The number of anilines is 1. The lowest BCUT2D eigenvalue weighted by molar-refractivity contribution is -0.131. The number of benzene rings is 1. The molecule has 2 fully saturated rings. The molecule has 2 aromatic rings. The van der Waals surface area contributed by atoms with Gasteiger partial charge in [0.15, 0.2) is 0 Å². The van der Waals surface area contributed by atoms with Gasteiger partial charge in [-0.2, -0.15) is 0 Å². The maximum atomic E-state index is 12.6. The molecule has 0 atom stereocenters. The number of aryl methyl sites for hydroxylation is 1. The number of nitrogens with one attached hydrogen (secondary N) is 1. The van der Waals surface area contributed by atoms with Gasteiger partial charge in [0.2, 0.25) is 5.91 Å². The Hall–Kier alpha value is -2.43. The third kappa shape index (κ3) is 5.55. The first kappa shape index (κ1) is 19.9. The van der Waals surface area contributed by atoms with Crippen molar-refractivity contribution < 1.29 is 4.79 Å². The van der Waals surface area contributed by atoms with E-state index in [1.54, 1.807) is 0 Å². The van der Waals surface area contributed by atoms with E-state index in [4.69, 9.17) is 0 Å². The zero-order valence-corrected chi connectivity index (χ0v) is 17.4. The number of piperidine rings is 1. The first-order valence-corrected chi connectivity index (χ1v) is 11.1.